The molecule has 0 radical (unpaired) electrons. The minimum absolute atomic E-state index is 0.930. The van der Waals surface area contributed by atoms with Gasteiger partial charge in [-0.3, -0.25) is 4.90 Å². The third-order valence-corrected chi connectivity index (χ3v) is 5.24. The van der Waals surface area contributed by atoms with E-state index < -0.39 is 0 Å². The van der Waals surface area contributed by atoms with Crippen molar-refractivity contribution in [2.75, 3.05) is 31.1 Å². The van der Waals surface area contributed by atoms with Gasteiger partial charge in [-0.1, -0.05) is 36.4 Å². The summed E-state index contributed by atoms with van der Waals surface area (Å²) < 4.78 is 0. The smallest absolute Gasteiger partial charge is 0.128 e. The Kier molecular flexibility index (Phi) is 4.53. The number of nitrogens with zero attached hydrogens (tertiary/aromatic N) is 4. The zero-order valence-corrected chi connectivity index (χ0v) is 14.3. The Balaban J connectivity index is 1.35. The molecule has 0 spiro atoms. The number of hydrogen-bond donors (Lipinski definition) is 0. The predicted molar refractivity (Wildman–Crippen MR) is 99.3 cm³/mol. The summed E-state index contributed by atoms with van der Waals surface area (Å²) >= 11 is 1.73. The topological polar surface area (TPSA) is 32.3 Å². The molecule has 0 atom stereocenters. The van der Waals surface area contributed by atoms with Gasteiger partial charge in [-0.05, 0) is 12.1 Å². The summed E-state index contributed by atoms with van der Waals surface area (Å²) in [5, 5.41) is 3.30. The molecule has 5 heteroatoms. The van der Waals surface area contributed by atoms with E-state index in [1.807, 2.05) is 18.3 Å². The van der Waals surface area contributed by atoms with E-state index in [2.05, 4.69) is 56.6 Å². The fraction of sp³-hybridized carbons (Fsp3) is 0.263. The number of benzene rings is 1. The van der Waals surface area contributed by atoms with E-state index in [1.165, 1.54) is 11.3 Å². The molecule has 1 aliphatic heterocycles. The van der Waals surface area contributed by atoms with E-state index in [0.29, 0.717) is 0 Å². The van der Waals surface area contributed by atoms with Crippen molar-refractivity contribution in [3.63, 3.8) is 0 Å². The zero-order chi connectivity index (χ0) is 16.2. The molecule has 1 fully saturated rings. The molecule has 0 saturated carbocycles. The average Bonchev–Trinajstić information content (AvgIpc) is 3.12. The van der Waals surface area contributed by atoms with Crippen molar-refractivity contribution in [1.82, 2.24) is 14.9 Å². The molecule has 0 aliphatic carbocycles. The Morgan fingerprint density at radius 3 is 2.46 bits per heavy atom. The number of pyridine rings is 1. The van der Waals surface area contributed by atoms with Crippen molar-refractivity contribution >= 4 is 17.2 Å². The van der Waals surface area contributed by atoms with Crippen molar-refractivity contribution < 1.29 is 0 Å². The highest BCUT2D eigenvalue weighted by Gasteiger charge is 2.18. The van der Waals surface area contributed by atoms with Gasteiger partial charge in [0.15, 0.2) is 0 Å². The van der Waals surface area contributed by atoms with E-state index in [1.54, 1.807) is 11.3 Å². The molecule has 0 unspecified atom stereocenters. The fourth-order valence-electron chi connectivity index (χ4n) is 3.00. The highest BCUT2D eigenvalue weighted by Crippen LogP contribution is 2.24. The summed E-state index contributed by atoms with van der Waals surface area (Å²) in [5.41, 5.74) is 2.37. The number of aromatic nitrogens is 2. The third-order valence-electron chi connectivity index (χ3n) is 4.30. The number of hydrogen-bond acceptors (Lipinski definition) is 5. The van der Waals surface area contributed by atoms with Crippen LogP contribution in [0.3, 0.4) is 0 Å². The maximum absolute atomic E-state index is 4.80. The van der Waals surface area contributed by atoms with E-state index in [4.69, 9.17) is 4.98 Å². The first-order chi connectivity index (χ1) is 11.9. The first kappa shape index (κ1) is 15.3. The molecular formula is C19H20N4S. The van der Waals surface area contributed by atoms with E-state index in [-0.39, 0.29) is 0 Å². The van der Waals surface area contributed by atoms with Gasteiger partial charge >= 0.3 is 0 Å². The van der Waals surface area contributed by atoms with Crippen LogP contribution in [0.5, 0.6) is 0 Å². The van der Waals surface area contributed by atoms with Gasteiger partial charge in [0, 0.05) is 49.9 Å². The molecule has 0 amide bonds. The Hall–Kier alpha value is -2.24. The molecule has 1 aliphatic rings. The first-order valence-corrected chi connectivity index (χ1v) is 9.14. The van der Waals surface area contributed by atoms with Crippen LogP contribution in [0.15, 0.2) is 60.1 Å². The molecule has 4 nitrogen and oxygen atoms in total. The normalized spacial score (nSPS) is 15.6. The highest BCUT2D eigenvalue weighted by molar-refractivity contribution is 7.13. The minimum Gasteiger partial charge on any atom is -0.354 e. The lowest BCUT2D eigenvalue weighted by atomic mass is 10.2. The Labute approximate surface area is 146 Å². The molecule has 0 bridgehead atoms. The molecule has 3 aromatic rings. The van der Waals surface area contributed by atoms with Gasteiger partial charge in [0.05, 0.1) is 5.69 Å². The standard InChI is InChI=1S/C19H20N4S/c1-2-6-16(7-3-1)19-21-17(15-24-19)14-22-10-12-23(13-11-22)18-8-4-5-9-20-18/h1-9,15H,10-14H2. The lowest BCUT2D eigenvalue weighted by molar-refractivity contribution is 0.247. The zero-order valence-electron chi connectivity index (χ0n) is 13.5. The van der Waals surface area contributed by atoms with Crippen LogP contribution in [0.2, 0.25) is 0 Å². The molecule has 122 valence electrons. The SMILES string of the molecule is c1ccc(-c2nc(CN3CCN(c4ccccn4)CC3)cs2)cc1. The van der Waals surface area contributed by atoms with E-state index in [0.717, 1.165) is 43.5 Å². The third kappa shape index (κ3) is 3.47. The Morgan fingerprint density at radius 1 is 0.917 bits per heavy atom. The van der Waals surface area contributed by atoms with E-state index in [9.17, 15) is 0 Å². The van der Waals surface area contributed by atoms with Crippen LogP contribution < -0.4 is 4.90 Å². The monoisotopic (exact) mass is 336 g/mol. The number of anilines is 1. The van der Waals surface area contributed by atoms with Crippen LogP contribution >= 0.6 is 11.3 Å². The molecule has 1 saturated heterocycles. The second-order valence-corrected chi connectivity index (χ2v) is 6.82. The van der Waals surface area contributed by atoms with Crippen molar-refractivity contribution in [2.45, 2.75) is 6.54 Å². The van der Waals surface area contributed by atoms with Gasteiger partial charge < -0.3 is 4.90 Å². The molecular weight excluding hydrogens is 316 g/mol. The lowest BCUT2D eigenvalue weighted by Crippen LogP contribution is -2.46. The van der Waals surface area contributed by atoms with E-state index >= 15 is 0 Å². The highest BCUT2D eigenvalue weighted by atomic mass is 32.1. The van der Waals surface area contributed by atoms with Crippen LogP contribution in [-0.2, 0) is 6.54 Å². The van der Waals surface area contributed by atoms with Gasteiger partial charge in [-0.2, -0.15) is 0 Å². The molecule has 24 heavy (non-hydrogen) atoms. The van der Waals surface area contributed by atoms with Gasteiger partial charge in [-0.15, -0.1) is 11.3 Å². The van der Waals surface area contributed by atoms with Gasteiger partial charge in [0.2, 0.25) is 0 Å². The largest absolute Gasteiger partial charge is 0.354 e. The first-order valence-electron chi connectivity index (χ1n) is 8.27. The van der Waals surface area contributed by atoms with Crippen LogP contribution in [-0.4, -0.2) is 41.0 Å². The summed E-state index contributed by atoms with van der Waals surface area (Å²) in [4.78, 5) is 14.1. The van der Waals surface area contributed by atoms with Crippen molar-refractivity contribution in [3.8, 4) is 10.6 Å². The van der Waals surface area contributed by atoms with Crippen LogP contribution in [0.25, 0.3) is 10.6 Å². The van der Waals surface area contributed by atoms with Crippen molar-refractivity contribution in [3.05, 3.63) is 65.8 Å². The second kappa shape index (κ2) is 7.11. The van der Waals surface area contributed by atoms with Gasteiger partial charge in [-0.25, -0.2) is 9.97 Å². The number of rotatable bonds is 4. The summed E-state index contributed by atoms with van der Waals surface area (Å²) in [6.45, 7) is 5.07. The minimum atomic E-state index is 0.930. The van der Waals surface area contributed by atoms with Crippen LogP contribution in [0, 0.1) is 0 Å². The predicted octanol–water partition coefficient (Wildman–Crippen LogP) is 3.53. The Morgan fingerprint density at radius 2 is 1.71 bits per heavy atom. The summed E-state index contributed by atoms with van der Waals surface area (Å²) in [7, 11) is 0. The lowest BCUT2D eigenvalue weighted by Gasteiger charge is -2.35. The molecule has 0 N–H and O–H groups in total. The number of thiazole rings is 1. The molecule has 3 heterocycles. The number of piperazine rings is 1. The Bertz CT molecular complexity index is 764. The molecule has 2 aromatic heterocycles. The maximum atomic E-state index is 4.80. The van der Waals surface area contributed by atoms with Gasteiger partial charge in [0.1, 0.15) is 10.8 Å². The van der Waals surface area contributed by atoms with Crippen LogP contribution in [0.1, 0.15) is 5.69 Å². The fourth-order valence-corrected chi connectivity index (χ4v) is 3.81. The molecule has 4 rings (SSSR count). The van der Waals surface area contributed by atoms with Crippen molar-refractivity contribution in [1.29, 1.82) is 0 Å². The quantitative estimate of drug-likeness (QED) is 0.730. The van der Waals surface area contributed by atoms with Gasteiger partial charge in [0.25, 0.3) is 0 Å². The average molecular weight is 336 g/mol. The second-order valence-electron chi connectivity index (χ2n) is 5.96. The van der Waals surface area contributed by atoms with Crippen LogP contribution in [0.4, 0.5) is 5.82 Å². The summed E-state index contributed by atoms with van der Waals surface area (Å²) in [6, 6.07) is 16.5. The maximum Gasteiger partial charge on any atom is 0.128 e. The summed E-state index contributed by atoms with van der Waals surface area (Å²) in [6.07, 6.45) is 1.86. The molecule has 1 aromatic carbocycles. The summed E-state index contributed by atoms with van der Waals surface area (Å²) in [5.74, 6) is 1.08. The van der Waals surface area contributed by atoms with Crippen molar-refractivity contribution in [2.24, 2.45) is 0 Å².